The number of ether oxygens (including phenoxy) is 1. The third-order valence-corrected chi connectivity index (χ3v) is 4.34. The summed E-state index contributed by atoms with van der Waals surface area (Å²) in [4.78, 5) is 29.1. The molecule has 1 heterocycles. The Bertz CT molecular complexity index is 1060. The molecule has 0 fully saturated rings. The molecule has 30 heavy (non-hydrogen) atoms. The van der Waals surface area contributed by atoms with Crippen LogP contribution in [-0.4, -0.2) is 22.5 Å². The molecule has 0 bridgehead atoms. The number of amides is 1. The van der Waals surface area contributed by atoms with Crippen molar-refractivity contribution in [3.8, 4) is 11.1 Å². The fourth-order valence-corrected chi connectivity index (χ4v) is 2.95. The SMILES string of the molecule is CC(C)(C)OC(=O)c1cccc(-c2cc(C(=O)Nc3ccncc3)ccc2CN)c1. The zero-order valence-electron chi connectivity index (χ0n) is 17.3. The predicted octanol–water partition coefficient (Wildman–Crippen LogP) is 4.41. The van der Waals surface area contributed by atoms with E-state index in [0.29, 0.717) is 23.4 Å². The molecule has 0 unspecified atom stereocenters. The van der Waals surface area contributed by atoms with Crippen LogP contribution in [0.4, 0.5) is 5.69 Å². The van der Waals surface area contributed by atoms with E-state index in [9.17, 15) is 9.59 Å². The van der Waals surface area contributed by atoms with Crippen LogP contribution in [0.5, 0.6) is 0 Å². The maximum Gasteiger partial charge on any atom is 0.338 e. The van der Waals surface area contributed by atoms with Crippen LogP contribution in [0.25, 0.3) is 11.1 Å². The molecule has 0 aliphatic carbocycles. The zero-order valence-corrected chi connectivity index (χ0v) is 17.3. The molecule has 0 saturated heterocycles. The molecule has 0 aliphatic rings. The topological polar surface area (TPSA) is 94.3 Å². The second-order valence-corrected chi connectivity index (χ2v) is 7.85. The molecule has 154 valence electrons. The molecule has 3 N–H and O–H groups in total. The minimum atomic E-state index is -0.583. The molecule has 3 rings (SSSR count). The van der Waals surface area contributed by atoms with Crippen LogP contribution in [0, 0.1) is 0 Å². The first kappa shape index (κ1) is 21.2. The van der Waals surface area contributed by atoms with Gasteiger partial charge in [0.05, 0.1) is 5.56 Å². The third kappa shape index (κ3) is 5.30. The number of anilines is 1. The number of nitrogens with two attached hydrogens (primary N) is 1. The molecule has 0 radical (unpaired) electrons. The number of carbonyl (C=O) groups excluding carboxylic acids is 2. The van der Waals surface area contributed by atoms with Gasteiger partial charge < -0.3 is 15.8 Å². The van der Waals surface area contributed by atoms with Gasteiger partial charge in [0.25, 0.3) is 5.91 Å². The first-order chi connectivity index (χ1) is 14.3. The Kier molecular flexibility index (Phi) is 6.28. The Morgan fingerprint density at radius 3 is 2.40 bits per heavy atom. The highest BCUT2D eigenvalue weighted by Gasteiger charge is 2.19. The first-order valence-electron chi connectivity index (χ1n) is 9.65. The highest BCUT2D eigenvalue weighted by Crippen LogP contribution is 2.27. The average Bonchev–Trinajstić information content (AvgIpc) is 2.73. The van der Waals surface area contributed by atoms with Crippen LogP contribution in [0.2, 0.25) is 0 Å². The number of nitrogens with zero attached hydrogens (tertiary/aromatic N) is 1. The van der Waals surface area contributed by atoms with Crippen molar-refractivity contribution >= 4 is 17.6 Å². The standard InChI is InChI=1S/C24H25N3O3/c1-24(2,3)30-23(29)18-6-4-5-16(13-18)21-14-17(7-8-19(21)15-25)22(28)27-20-9-11-26-12-10-20/h4-14H,15,25H2,1-3H3,(H,26,27,28). The first-order valence-corrected chi connectivity index (χ1v) is 9.65. The van der Waals surface area contributed by atoms with Gasteiger partial charge in [0.1, 0.15) is 5.60 Å². The molecule has 1 aromatic heterocycles. The Hall–Kier alpha value is -3.51. The van der Waals surface area contributed by atoms with E-state index in [1.54, 1.807) is 54.9 Å². The van der Waals surface area contributed by atoms with Crippen molar-refractivity contribution in [3.63, 3.8) is 0 Å². The van der Waals surface area contributed by atoms with Crippen LogP contribution in [0.3, 0.4) is 0 Å². The van der Waals surface area contributed by atoms with Gasteiger partial charge >= 0.3 is 5.97 Å². The third-order valence-electron chi connectivity index (χ3n) is 4.34. The summed E-state index contributed by atoms with van der Waals surface area (Å²) in [5.41, 5.74) is 9.38. The molecule has 0 saturated carbocycles. The van der Waals surface area contributed by atoms with E-state index >= 15 is 0 Å². The highest BCUT2D eigenvalue weighted by molar-refractivity contribution is 6.05. The van der Waals surface area contributed by atoms with Crippen molar-refractivity contribution in [2.75, 3.05) is 5.32 Å². The van der Waals surface area contributed by atoms with Crippen molar-refractivity contribution in [2.24, 2.45) is 5.73 Å². The smallest absolute Gasteiger partial charge is 0.338 e. The lowest BCUT2D eigenvalue weighted by molar-refractivity contribution is 0.00694. The minimum Gasteiger partial charge on any atom is -0.456 e. The molecule has 3 aromatic rings. The number of rotatable bonds is 5. The second kappa shape index (κ2) is 8.88. The van der Waals surface area contributed by atoms with E-state index in [4.69, 9.17) is 10.5 Å². The summed E-state index contributed by atoms with van der Waals surface area (Å²) in [5, 5.41) is 2.85. The Morgan fingerprint density at radius 2 is 1.73 bits per heavy atom. The normalized spacial score (nSPS) is 11.1. The fourth-order valence-electron chi connectivity index (χ4n) is 2.95. The number of hydrogen-bond acceptors (Lipinski definition) is 5. The van der Waals surface area contributed by atoms with Crippen LogP contribution in [0.1, 0.15) is 47.1 Å². The monoisotopic (exact) mass is 403 g/mol. The summed E-state index contributed by atoms with van der Waals surface area (Å²) in [6.45, 7) is 5.78. The van der Waals surface area contributed by atoms with Crippen molar-refractivity contribution < 1.29 is 14.3 Å². The van der Waals surface area contributed by atoms with Gasteiger partial charge in [-0.1, -0.05) is 18.2 Å². The quantitative estimate of drug-likeness (QED) is 0.615. The summed E-state index contributed by atoms with van der Waals surface area (Å²) in [7, 11) is 0. The summed E-state index contributed by atoms with van der Waals surface area (Å²) < 4.78 is 5.47. The van der Waals surface area contributed by atoms with E-state index in [1.807, 2.05) is 32.9 Å². The average molecular weight is 403 g/mol. The van der Waals surface area contributed by atoms with E-state index in [0.717, 1.165) is 16.7 Å². The number of hydrogen-bond donors (Lipinski definition) is 2. The molecule has 1 amide bonds. The van der Waals surface area contributed by atoms with Crippen molar-refractivity contribution in [1.82, 2.24) is 4.98 Å². The van der Waals surface area contributed by atoms with Crippen molar-refractivity contribution in [2.45, 2.75) is 32.9 Å². The maximum absolute atomic E-state index is 12.7. The lowest BCUT2D eigenvalue weighted by Gasteiger charge is -2.19. The summed E-state index contributed by atoms with van der Waals surface area (Å²) in [6, 6.07) is 15.9. The van der Waals surface area contributed by atoms with Gasteiger partial charge in [-0.3, -0.25) is 9.78 Å². The molecular weight excluding hydrogens is 378 g/mol. The largest absolute Gasteiger partial charge is 0.456 e. The fraction of sp³-hybridized carbons (Fsp3) is 0.208. The number of carbonyl (C=O) groups is 2. The van der Waals surface area contributed by atoms with E-state index in [1.165, 1.54) is 0 Å². The second-order valence-electron chi connectivity index (χ2n) is 7.85. The number of benzene rings is 2. The molecule has 2 aromatic carbocycles. The van der Waals surface area contributed by atoms with Crippen LogP contribution >= 0.6 is 0 Å². The summed E-state index contributed by atoms with van der Waals surface area (Å²) in [5.74, 6) is -0.639. The molecule has 6 nitrogen and oxygen atoms in total. The van der Waals surface area contributed by atoms with Crippen LogP contribution in [0.15, 0.2) is 67.0 Å². The van der Waals surface area contributed by atoms with Crippen molar-refractivity contribution in [1.29, 1.82) is 0 Å². The summed E-state index contributed by atoms with van der Waals surface area (Å²) in [6.07, 6.45) is 3.22. The molecule has 6 heteroatoms. The van der Waals surface area contributed by atoms with Crippen LogP contribution < -0.4 is 11.1 Å². The van der Waals surface area contributed by atoms with Gasteiger partial charge in [-0.25, -0.2) is 4.79 Å². The van der Waals surface area contributed by atoms with E-state index < -0.39 is 11.6 Å². The highest BCUT2D eigenvalue weighted by atomic mass is 16.6. The number of esters is 1. The number of nitrogens with one attached hydrogen (secondary N) is 1. The van der Waals surface area contributed by atoms with Crippen molar-refractivity contribution in [3.05, 3.63) is 83.7 Å². The van der Waals surface area contributed by atoms with E-state index in [-0.39, 0.29) is 5.91 Å². The molecular formula is C24H25N3O3. The Morgan fingerprint density at radius 1 is 1.00 bits per heavy atom. The zero-order chi connectivity index (χ0) is 21.7. The van der Waals surface area contributed by atoms with Gasteiger partial charge in [0, 0.05) is 30.2 Å². The molecule has 0 atom stereocenters. The Balaban J connectivity index is 1.93. The van der Waals surface area contributed by atoms with Gasteiger partial charge in [-0.05, 0) is 73.9 Å². The van der Waals surface area contributed by atoms with Crippen LogP contribution in [-0.2, 0) is 11.3 Å². The van der Waals surface area contributed by atoms with Gasteiger partial charge in [-0.15, -0.1) is 0 Å². The van der Waals surface area contributed by atoms with Gasteiger partial charge in [-0.2, -0.15) is 0 Å². The predicted molar refractivity (Wildman–Crippen MR) is 117 cm³/mol. The molecule has 0 aliphatic heterocycles. The minimum absolute atomic E-state index is 0.241. The van der Waals surface area contributed by atoms with Gasteiger partial charge in [0.15, 0.2) is 0 Å². The van der Waals surface area contributed by atoms with Gasteiger partial charge in [0.2, 0.25) is 0 Å². The lowest BCUT2D eigenvalue weighted by atomic mass is 9.95. The summed E-state index contributed by atoms with van der Waals surface area (Å²) >= 11 is 0. The van der Waals surface area contributed by atoms with E-state index in [2.05, 4.69) is 10.3 Å². The maximum atomic E-state index is 12.7. The Labute approximate surface area is 176 Å². The lowest BCUT2D eigenvalue weighted by Crippen LogP contribution is -2.23. The molecule has 0 spiro atoms. The number of pyridine rings is 1. The number of aromatic nitrogens is 1.